The fourth-order valence-electron chi connectivity index (χ4n) is 3.68. The molecule has 0 radical (unpaired) electrons. The minimum Gasteiger partial charge on any atom is -0.349 e. The molecule has 0 bridgehead atoms. The van der Waals surface area contributed by atoms with Crippen LogP contribution >= 0.6 is 11.6 Å². The molecule has 0 spiro atoms. The maximum Gasteiger partial charge on any atom is 0.220 e. The van der Waals surface area contributed by atoms with Crippen molar-refractivity contribution in [2.75, 3.05) is 13.1 Å². The second-order valence-electron chi connectivity index (χ2n) is 7.20. The van der Waals surface area contributed by atoms with Crippen LogP contribution in [0, 0.1) is 17.8 Å². The van der Waals surface area contributed by atoms with Crippen LogP contribution in [-0.2, 0) is 4.79 Å². The SMILES string of the molecule is CC(CC(=O)NC(c1ccc(Cl)cc1)C1CC1)C1CCNCC1. The van der Waals surface area contributed by atoms with Crippen LogP contribution in [0.5, 0.6) is 0 Å². The Morgan fingerprint density at radius 3 is 2.43 bits per heavy atom. The average Bonchev–Trinajstić information content (AvgIpc) is 3.39. The Bertz CT molecular complexity index is 521. The van der Waals surface area contributed by atoms with Crippen molar-refractivity contribution in [2.24, 2.45) is 17.8 Å². The van der Waals surface area contributed by atoms with Gasteiger partial charge in [-0.05, 0) is 74.2 Å². The molecule has 1 aromatic rings. The smallest absolute Gasteiger partial charge is 0.220 e. The number of nitrogens with one attached hydrogen (secondary N) is 2. The molecular weight excluding hydrogens is 308 g/mol. The number of amides is 1. The number of benzene rings is 1. The van der Waals surface area contributed by atoms with Crippen molar-refractivity contribution in [3.05, 3.63) is 34.9 Å². The van der Waals surface area contributed by atoms with Crippen LogP contribution < -0.4 is 10.6 Å². The maximum absolute atomic E-state index is 12.5. The Balaban J connectivity index is 1.57. The molecule has 1 saturated heterocycles. The van der Waals surface area contributed by atoms with Gasteiger partial charge in [-0.3, -0.25) is 4.79 Å². The van der Waals surface area contributed by atoms with Crippen LogP contribution in [0.25, 0.3) is 0 Å². The molecule has 1 amide bonds. The molecule has 1 aliphatic carbocycles. The van der Waals surface area contributed by atoms with Gasteiger partial charge in [0, 0.05) is 11.4 Å². The first-order chi connectivity index (χ1) is 11.1. The third-order valence-electron chi connectivity index (χ3n) is 5.33. The molecule has 23 heavy (non-hydrogen) atoms. The number of hydrogen-bond donors (Lipinski definition) is 2. The van der Waals surface area contributed by atoms with E-state index in [0.717, 1.165) is 18.1 Å². The summed E-state index contributed by atoms with van der Waals surface area (Å²) < 4.78 is 0. The van der Waals surface area contributed by atoms with E-state index in [-0.39, 0.29) is 11.9 Å². The monoisotopic (exact) mass is 334 g/mol. The zero-order chi connectivity index (χ0) is 16.2. The molecule has 3 rings (SSSR count). The van der Waals surface area contributed by atoms with Crippen LogP contribution in [-0.4, -0.2) is 19.0 Å². The molecule has 2 unspecified atom stereocenters. The zero-order valence-corrected chi connectivity index (χ0v) is 14.6. The molecule has 0 aromatic heterocycles. The number of carbonyl (C=O) groups excluding carboxylic acids is 1. The van der Waals surface area contributed by atoms with Crippen LogP contribution in [0.1, 0.15) is 50.6 Å². The summed E-state index contributed by atoms with van der Waals surface area (Å²) in [5.74, 6) is 1.93. The van der Waals surface area contributed by atoms with E-state index in [1.54, 1.807) is 0 Å². The highest BCUT2D eigenvalue weighted by Gasteiger charge is 2.34. The van der Waals surface area contributed by atoms with Crippen molar-refractivity contribution in [1.82, 2.24) is 10.6 Å². The highest BCUT2D eigenvalue weighted by atomic mass is 35.5. The Hall–Kier alpha value is -1.06. The Labute approximate surface area is 144 Å². The van der Waals surface area contributed by atoms with E-state index in [4.69, 9.17) is 11.6 Å². The molecule has 1 aromatic carbocycles. The van der Waals surface area contributed by atoms with E-state index in [0.29, 0.717) is 24.2 Å². The normalized spacial score (nSPS) is 21.7. The molecule has 3 nitrogen and oxygen atoms in total. The molecule has 4 heteroatoms. The van der Waals surface area contributed by atoms with Gasteiger partial charge in [0.1, 0.15) is 0 Å². The first kappa shape index (κ1) is 16.8. The van der Waals surface area contributed by atoms with Crippen molar-refractivity contribution in [2.45, 2.75) is 45.1 Å². The second-order valence-corrected chi connectivity index (χ2v) is 7.64. The van der Waals surface area contributed by atoms with Gasteiger partial charge in [0.25, 0.3) is 0 Å². The van der Waals surface area contributed by atoms with Gasteiger partial charge in [-0.15, -0.1) is 0 Å². The minimum absolute atomic E-state index is 0.153. The van der Waals surface area contributed by atoms with Crippen LogP contribution in [0.4, 0.5) is 0 Å². The topological polar surface area (TPSA) is 41.1 Å². The molecule has 2 atom stereocenters. The van der Waals surface area contributed by atoms with Crippen molar-refractivity contribution in [3.8, 4) is 0 Å². The van der Waals surface area contributed by atoms with Crippen LogP contribution in [0.3, 0.4) is 0 Å². The van der Waals surface area contributed by atoms with Gasteiger partial charge in [-0.1, -0.05) is 30.7 Å². The lowest BCUT2D eigenvalue weighted by molar-refractivity contribution is -0.123. The number of hydrogen-bond acceptors (Lipinski definition) is 2. The zero-order valence-electron chi connectivity index (χ0n) is 13.9. The summed E-state index contributed by atoms with van der Waals surface area (Å²) in [5, 5.41) is 7.42. The second kappa shape index (κ2) is 7.67. The Morgan fingerprint density at radius 1 is 1.17 bits per heavy atom. The van der Waals surface area contributed by atoms with Crippen molar-refractivity contribution in [3.63, 3.8) is 0 Å². The lowest BCUT2D eigenvalue weighted by Gasteiger charge is -2.28. The molecule has 126 valence electrons. The van der Waals surface area contributed by atoms with E-state index in [9.17, 15) is 4.79 Å². The number of carbonyl (C=O) groups is 1. The van der Waals surface area contributed by atoms with Gasteiger partial charge >= 0.3 is 0 Å². The standard InChI is InChI=1S/C19H27ClN2O/c1-13(14-8-10-21-11-9-14)12-18(23)22-19(15-2-3-15)16-4-6-17(20)7-5-16/h4-7,13-15,19,21H,2-3,8-12H2,1H3,(H,22,23). The average molecular weight is 335 g/mol. The summed E-state index contributed by atoms with van der Waals surface area (Å²) in [5.41, 5.74) is 1.18. The highest BCUT2D eigenvalue weighted by molar-refractivity contribution is 6.30. The van der Waals surface area contributed by atoms with E-state index in [2.05, 4.69) is 17.6 Å². The van der Waals surface area contributed by atoms with E-state index in [1.165, 1.54) is 31.2 Å². The van der Waals surface area contributed by atoms with Crippen molar-refractivity contribution in [1.29, 1.82) is 0 Å². The van der Waals surface area contributed by atoms with E-state index >= 15 is 0 Å². The molecule has 1 aliphatic heterocycles. The minimum atomic E-state index is 0.153. The quantitative estimate of drug-likeness (QED) is 0.827. The predicted octanol–water partition coefficient (Wildman–Crippen LogP) is 3.93. The van der Waals surface area contributed by atoms with Crippen LogP contribution in [0.2, 0.25) is 5.02 Å². The van der Waals surface area contributed by atoms with Gasteiger partial charge in [0.05, 0.1) is 6.04 Å². The Morgan fingerprint density at radius 2 is 1.83 bits per heavy atom. The summed E-state index contributed by atoms with van der Waals surface area (Å²) in [6, 6.07) is 8.07. The van der Waals surface area contributed by atoms with Crippen molar-refractivity contribution < 1.29 is 4.79 Å². The summed E-state index contributed by atoms with van der Waals surface area (Å²) in [7, 11) is 0. The fraction of sp³-hybridized carbons (Fsp3) is 0.632. The van der Waals surface area contributed by atoms with Gasteiger partial charge in [0.2, 0.25) is 5.91 Å². The molecule has 2 fully saturated rings. The van der Waals surface area contributed by atoms with Gasteiger partial charge in [-0.25, -0.2) is 0 Å². The molecule has 1 heterocycles. The number of halogens is 1. The number of rotatable bonds is 6. The van der Waals surface area contributed by atoms with Gasteiger partial charge in [-0.2, -0.15) is 0 Å². The predicted molar refractivity (Wildman–Crippen MR) is 94.4 cm³/mol. The first-order valence-corrected chi connectivity index (χ1v) is 9.27. The molecule has 2 N–H and O–H groups in total. The third kappa shape index (κ3) is 4.71. The van der Waals surface area contributed by atoms with E-state index < -0.39 is 0 Å². The third-order valence-corrected chi connectivity index (χ3v) is 5.59. The maximum atomic E-state index is 12.5. The lowest BCUT2D eigenvalue weighted by Crippen LogP contribution is -2.35. The lowest BCUT2D eigenvalue weighted by atomic mass is 9.84. The van der Waals surface area contributed by atoms with E-state index in [1.807, 2.05) is 24.3 Å². The summed E-state index contributed by atoms with van der Waals surface area (Å²) in [6.45, 7) is 4.40. The highest BCUT2D eigenvalue weighted by Crippen LogP contribution is 2.41. The van der Waals surface area contributed by atoms with Gasteiger partial charge in [0.15, 0.2) is 0 Å². The van der Waals surface area contributed by atoms with Crippen LogP contribution in [0.15, 0.2) is 24.3 Å². The van der Waals surface area contributed by atoms with Crippen molar-refractivity contribution >= 4 is 17.5 Å². The Kier molecular flexibility index (Phi) is 5.60. The summed E-state index contributed by atoms with van der Waals surface area (Å²) in [4.78, 5) is 12.5. The van der Waals surface area contributed by atoms with Gasteiger partial charge < -0.3 is 10.6 Å². The molecule has 2 aliphatic rings. The summed E-state index contributed by atoms with van der Waals surface area (Å²) in [6.07, 6.45) is 5.44. The first-order valence-electron chi connectivity index (χ1n) is 8.89. The number of piperidine rings is 1. The summed E-state index contributed by atoms with van der Waals surface area (Å²) >= 11 is 5.98. The molecular formula is C19H27ClN2O. The molecule has 1 saturated carbocycles. The largest absolute Gasteiger partial charge is 0.349 e. The fourth-order valence-corrected chi connectivity index (χ4v) is 3.80.